The van der Waals surface area contributed by atoms with Crippen LogP contribution in [0, 0.1) is 5.92 Å². The van der Waals surface area contributed by atoms with Crippen molar-refractivity contribution in [1.82, 2.24) is 4.90 Å². The highest BCUT2D eigenvalue weighted by molar-refractivity contribution is 5.96. The van der Waals surface area contributed by atoms with Crippen LogP contribution in [0.1, 0.15) is 25.8 Å². The minimum absolute atomic E-state index is 0.0840. The summed E-state index contributed by atoms with van der Waals surface area (Å²) < 4.78 is 5.32. The van der Waals surface area contributed by atoms with Crippen LogP contribution in [0.5, 0.6) is 0 Å². The van der Waals surface area contributed by atoms with Crippen LogP contribution in [0.4, 0.5) is 11.4 Å². The number of anilines is 2. The topological polar surface area (TPSA) is 105 Å². The predicted molar refractivity (Wildman–Crippen MR) is 120 cm³/mol. The van der Waals surface area contributed by atoms with Crippen LogP contribution in [0.25, 0.3) is 0 Å². The van der Waals surface area contributed by atoms with Gasteiger partial charge in [0.15, 0.2) is 6.10 Å². The molecule has 0 saturated carbocycles. The van der Waals surface area contributed by atoms with Gasteiger partial charge in [-0.15, -0.1) is 0 Å². The van der Waals surface area contributed by atoms with E-state index in [1.807, 2.05) is 30.3 Å². The van der Waals surface area contributed by atoms with E-state index >= 15 is 0 Å². The van der Waals surface area contributed by atoms with E-state index in [9.17, 15) is 19.2 Å². The van der Waals surface area contributed by atoms with Crippen LogP contribution in [0.15, 0.2) is 54.6 Å². The number of hydrogen-bond donors (Lipinski definition) is 2. The summed E-state index contributed by atoms with van der Waals surface area (Å²) in [4.78, 5) is 49.9. The lowest BCUT2D eigenvalue weighted by molar-refractivity contribution is -0.157. The molecule has 1 aliphatic heterocycles. The van der Waals surface area contributed by atoms with Crippen LogP contribution in [-0.4, -0.2) is 47.8 Å². The summed E-state index contributed by atoms with van der Waals surface area (Å²) in [7, 11) is 0. The van der Waals surface area contributed by atoms with Gasteiger partial charge in [0.05, 0.1) is 5.92 Å². The SMILES string of the molecule is CC(=O)Nc1ccc(NC(=O)C(C)OC(=O)C2CC(=O)N(CCc3ccccc3)C2)cc1. The maximum Gasteiger partial charge on any atom is 0.312 e. The Morgan fingerprint density at radius 1 is 1.03 bits per heavy atom. The van der Waals surface area contributed by atoms with Gasteiger partial charge in [-0.3, -0.25) is 19.2 Å². The third-order valence-electron chi connectivity index (χ3n) is 5.20. The molecule has 1 fully saturated rings. The van der Waals surface area contributed by atoms with Crippen molar-refractivity contribution >= 4 is 35.1 Å². The Labute approximate surface area is 186 Å². The van der Waals surface area contributed by atoms with Crippen molar-refractivity contribution in [1.29, 1.82) is 0 Å². The maximum atomic E-state index is 12.5. The highest BCUT2D eigenvalue weighted by Crippen LogP contribution is 2.21. The quantitative estimate of drug-likeness (QED) is 0.618. The zero-order valence-electron chi connectivity index (χ0n) is 18.2. The number of benzene rings is 2. The molecule has 2 aromatic rings. The van der Waals surface area contributed by atoms with E-state index in [-0.39, 0.29) is 18.2 Å². The molecule has 1 saturated heterocycles. The lowest BCUT2D eigenvalue weighted by Gasteiger charge is -2.18. The Hall–Kier alpha value is -3.68. The standard InChI is InChI=1S/C24H27N3O5/c1-16(23(30)26-21-10-8-20(9-11-21)25-17(2)28)32-24(31)19-14-22(29)27(15-19)13-12-18-6-4-3-5-7-18/h3-11,16,19H,12-15H2,1-2H3,(H,25,28)(H,26,30). The lowest BCUT2D eigenvalue weighted by atomic mass is 10.1. The number of ether oxygens (including phenoxy) is 1. The van der Waals surface area contributed by atoms with Gasteiger partial charge in [0.2, 0.25) is 11.8 Å². The molecule has 1 aliphatic rings. The number of nitrogens with one attached hydrogen (secondary N) is 2. The van der Waals surface area contributed by atoms with Gasteiger partial charge >= 0.3 is 5.97 Å². The molecule has 2 aromatic carbocycles. The van der Waals surface area contributed by atoms with Crippen molar-refractivity contribution in [2.45, 2.75) is 32.8 Å². The molecule has 8 heteroatoms. The summed E-state index contributed by atoms with van der Waals surface area (Å²) in [6.07, 6.45) is -0.202. The van der Waals surface area contributed by atoms with E-state index < -0.39 is 23.9 Å². The molecule has 0 spiro atoms. The van der Waals surface area contributed by atoms with Gasteiger partial charge in [-0.2, -0.15) is 0 Å². The number of carbonyl (C=O) groups excluding carboxylic acids is 4. The molecule has 32 heavy (non-hydrogen) atoms. The highest BCUT2D eigenvalue weighted by Gasteiger charge is 2.36. The summed E-state index contributed by atoms with van der Waals surface area (Å²) in [5.74, 6) is -1.88. The molecular weight excluding hydrogens is 410 g/mol. The zero-order chi connectivity index (χ0) is 23.1. The minimum atomic E-state index is -1.01. The summed E-state index contributed by atoms with van der Waals surface area (Å²) in [5.41, 5.74) is 2.24. The molecule has 3 amide bonds. The van der Waals surface area contributed by atoms with E-state index in [0.29, 0.717) is 30.9 Å². The van der Waals surface area contributed by atoms with Crippen molar-refractivity contribution < 1.29 is 23.9 Å². The van der Waals surface area contributed by atoms with Gasteiger partial charge in [0, 0.05) is 37.8 Å². The third-order valence-corrected chi connectivity index (χ3v) is 5.20. The van der Waals surface area contributed by atoms with Gasteiger partial charge < -0.3 is 20.3 Å². The zero-order valence-corrected chi connectivity index (χ0v) is 18.2. The van der Waals surface area contributed by atoms with Crippen LogP contribution >= 0.6 is 0 Å². The number of likely N-dealkylation sites (tertiary alicyclic amines) is 1. The summed E-state index contributed by atoms with van der Waals surface area (Å²) in [6.45, 7) is 3.73. The second-order valence-electron chi connectivity index (χ2n) is 7.80. The average molecular weight is 437 g/mol. The summed E-state index contributed by atoms with van der Waals surface area (Å²) in [6, 6.07) is 16.4. The number of rotatable bonds is 8. The fraction of sp³-hybridized carbons (Fsp3) is 0.333. The monoisotopic (exact) mass is 437 g/mol. The predicted octanol–water partition coefficient (Wildman–Crippen LogP) is 2.61. The molecule has 0 bridgehead atoms. The first kappa shape index (κ1) is 23.0. The lowest BCUT2D eigenvalue weighted by Crippen LogP contribution is -2.33. The molecular formula is C24H27N3O5. The van der Waals surface area contributed by atoms with E-state index in [1.54, 1.807) is 29.2 Å². The van der Waals surface area contributed by atoms with Crippen LogP contribution < -0.4 is 10.6 Å². The van der Waals surface area contributed by atoms with Crippen LogP contribution in [0.2, 0.25) is 0 Å². The Morgan fingerprint density at radius 2 is 1.66 bits per heavy atom. The fourth-order valence-electron chi connectivity index (χ4n) is 3.46. The van der Waals surface area contributed by atoms with Crippen molar-refractivity contribution in [3.63, 3.8) is 0 Å². The van der Waals surface area contributed by atoms with E-state index in [0.717, 1.165) is 5.56 Å². The molecule has 1 heterocycles. The van der Waals surface area contributed by atoms with Crippen molar-refractivity contribution in [3.05, 3.63) is 60.2 Å². The number of amides is 3. The smallest absolute Gasteiger partial charge is 0.312 e. The third kappa shape index (κ3) is 6.41. The average Bonchev–Trinajstić information content (AvgIpc) is 3.14. The molecule has 3 rings (SSSR count). The fourth-order valence-corrected chi connectivity index (χ4v) is 3.46. The molecule has 168 valence electrons. The molecule has 2 atom stereocenters. The Kier molecular flexibility index (Phi) is 7.59. The largest absolute Gasteiger partial charge is 0.452 e. The molecule has 8 nitrogen and oxygen atoms in total. The number of hydrogen-bond acceptors (Lipinski definition) is 5. The van der Waals surface area contributed by atoms with Crippen LogP contribution in [-0.2, 0) is 30.3 Å². The highest BCUT2D eigenvalue weighted by atomic mass is 16.5. The van der Waals surface area contributed by atoms with Crippen molar-refractivity contribution in [2.24, 2.45) is 5.92 Å². The number of esters is 1. The maximum absolute atomic E-state index is 12.5. The first-order chi connectivity index (χ1) is 15.3. The number of carbonyl (C=O) groups is 4. The Morgan fingerprint density at radius 3 is 2.28 bits per heavy atom. The first-order valence-corrected chi connectivity index (χ1v) is 10.5. The summed E-state index contributed by atoms with van der Waals surface area (Å²) in [5, 5.41) is 5.31. The molecule has 0 aliphatic carbocycles. The molecule has 0 aromatic heterocycles. The van der Waals surface area contributed by atoms with Crippen molar-refractivity contribution in [2.75, 3.05) is 23.7 Å². The minimum Gasteiger partial charge on any atom is -0.452 e. The van der Waals surface area contributed by atoms with E-state index in [4.69, 9.17) is 4.74 Å². The summed E-state index contributed by atoms with van der Waals surface area (Å²) >= 11 is 0. The van der Waals surface area contributed by atoms with E-state index in [1.165, 1.54) is 13.8 Å². The van der Waals surface area contributed by atoms with Crippen molar-refractivity contribution in [3.8, 4) is 0 Å². The first-order valence-electron chi connectivity index (χ1n) is 10.5. The van der Waals surface area contributed by atoms with Gasteiger partial charge in [-0.1, -0.05) is 30.3 Å². The second kappa shape index (κ2) is 10.6. The van der Waals surface area contributed by atoms with Gasteiger partial charge in [0.1, 0.15) is 0 Å². The van der Waals surface area contributed by atoms with Crippen LogP contribution in [0.3, 0.4) is 0 Å². The normalized spacial score (nSPS) is 16.4. The Bertz CT molecular complexity index is 975. The molecule has 2 N–H and O–H groups in total. The van der Waals surface area contributed by atoms with Gasteiger partial charge in [-0.25, -0.2) is 0 Å². The second-order valence-corrected chi connectivity index (χ2v) is 7.80. The van der Waals surface area contributed by atoms with Gasteiger partial charge in [-0.05, 0) is 43.2 Å². The number of nitrogens with zero attached hydrogens (tertiary/aromatic N) is 1. The molecule has 2 unspecified atom stereocenters. The molecule has 0 radical (unpaired) electrons. The van der Waals surface area contributed by atoms with Gasteiger partial charge in [0.25, 0.3) is 5.91 Å². The Balaban J connectivity index is 1.46. The van der Waals surface area contributed by atoms with E-state index in [2.05, 4.69) is 10.6 Å².